The maximum atomic E-state index is 13.4. The predicted molar refractivity (Wildman–Crippen MR) is 117 cm³/mol. The van der Waals surface area contributed by atoms with Crippen molar-refractivity contribution in [2.24, 2.45) is 11.3 Å². The van der Waals surface area contributed by atoms with E-state index in [4.69, 9.17) is 4.74 Å². The molecule has 1 aromatic rings. The summed E-state index contributed by atoms with van der Waals surface area (Å²) in [5.41, 5.74) is 0.555. The zero-order valence-electron chi connectivity index (χ0n) is 18.5. The van der Waals surface area contributed by atoms with Crippen molar-refractivity contribution in [2.45, 2.75) is 70.9 Å². The molecule has 0 saturated carbocycles. The van der Waals surface area contributed by atoms with E-state index in [1.165, 1.54) is 0 Å². The highest BCUT2D eigenvalue weighted by Crippen LogP contribution is 2.52. The van der Waals surface area contributed by atoms with Crippen LogP contribution < -0.4 is 0 Å². The van der Waals surface area contributed by atoms with Gasteiger partial charge in [0.15, 0.2) is 0 Å². The average Bonchev–Trinajstić information content (AvgIpc) is 3.32. The van der Waals surface area contributed by atoms with Crippen molar-refractivity contribution in [2.75, 3.05) is 26.2 Å². The van der Waals surface area contributed by atoms with Gasteiger partial charge in [-0.1, -0.05) is 37.3 Å². The third-order valence-corrected chi connectivity index (χ3v) is 7.69. The van der Waals surface area contributed by atoms with Gasteiger partial charge in [-0.15, -0.1) is 0 Å². The highest BCUT2D eigenvalue weighted by atomic mass is 16.5. The molecule has 2 bridgehead atoms. The SMILES string of the molecule is CCOC(=O)[C@@]1(Cc2ccccc2)C[C@H]2CC[C@@H]1N2C(=O)CC1CCN(CC)CC1. The molecule has 3 heterocycles. The number of fused-ring (bicyclic) bond motifs is 2. The fraction of sp³-hybridized carbons (Fsp3) is 0.680. The molecule has 0 N–H and O–H groups in total. The van der Waals surface area contributed by atoms with E-state index >= 15 is 0 Å². The van der Waals surface area contributed by atoms with Crippen LogP contribution in [0.25, 0.3) is 0 Å². The first-order chi connectivity index (χ1) is 14.6. The first-order valence-corrected chi connectivity index (χ1v) is 11.8. The second-order valence-corrected chi connectivity index (χ2v) is 9.37. The number of nitrogens with zero attached hydrogens (tertiary/aromatic N) is 2. The normalized spacial score (nSPS) is 29.3. The van der Waals surface area contributed by atoms with Crippen LogP contribution in [0.2, 0.25) is 0 Å². The number of esters is 1. The quantitative estimate of drug-likeness (QED) is 0.641. The van der Waals surface area contributed by atoms with Gasteiger partial charge >= 0.3 is 5.97 Å². The molecule has 3 aliphatic heterocycles. The Bertz CT molecular complexity index is 744. The van der Waals surface area contributed by atoms with Gasteiger partial charge in [-0.3, -0.25) is 9.59 Å². The number of rotatable bonds is 7. The topological polar surface area (TPSA) is 49.9 Å². The van der Waals surface area contributed by atoms with Crippen LogP contribution in [0.4, 0.5) is 0 Å². The lowest BCUT2D eigenvalue weighted by Crippen LogP contribution is -2.47. The molecule has 4 rings (SSSR count). The summed E-state index contributed by atoms with van der Waals surface area (Å²) in [6, 6.07) is 10.4. The summed E-state index contributed by atoms with van der Waals surface area (Å²) >= 11 is 0. The molecule has 0 aliphatic carbocycles. The minimum Gasteiger partial charge on any atom is -0.465 e. The Morgan fingerprint density at radius 1 is 1.07 bits per heavy atom. The number of carbonyl (C=O) groups excluding carboxylic acids is 2. The zero-order valence-corrected chi connectivity index (χ0v) is 18.5. The maximum Gasteiger partial charge on any atom is 0.314 e. The Hall–Kier alpha value is -1.88. The number of ether oxygens (including phenoxy) is 1. The molecule has 5 nitrogen and oxygen atoms in total. The van der Waals surface area contributed by atoms with Crippen LogP contribution in [0.15, 0.2) is 30.3 Å². The van der Waals surface area contributed by atoms with Gasteiger partial charge in [-0.2, -0.15) is 0 Å². The van der Waals surface area contributed by atoms with E-state index in [0.717, 1.165) is 57.3 Å². The molecule has 1 amide bonds. The highest BCUT2D eigenvalue weighted by molar-refractivity contribution is 5.84. The summed E-state index contributed by atoms with van der Waals surface area (Å²) in [7, 11) is 0. The van der Waals surface area contributed by atoms with Crippen molar-refractivity contribution in [3.05, 3.63) is 35.9 Å². The number of benzene rings is 1. The minimum atomic E-state index is -0.596. The molecule has 3 aliphatic rings. The molecule has 164 valence electrons. The summed E-state index contributed by atoms with van der Waals surface area (Å²) < 4.78 is 5.57. The lowest BCUT2D eigenvalue weighted by molar-refractivity contribution is -0.158. The first-order valence-electron chi connectivity index (χ1n) is 11.8. The summed E-state index contributed by atoms with van der Waals surface area (Å²) in [6.45, 7) is 7.75. The van der Waals surface area contributed by atoms with Crippen LogP contribution in [0.3, 0.4) is 0 Å². The first kappa shape index (κ1) is 21.4. The van der Waals surface area contributed by atoms with Gasteiger partial charge in [0.25, 0.3) is 0 Å². The van der Waals surface area contributed by atoms with Crippen molar-refractivity contribution in [3.8, 4) is 0 Å². The number of amides is 1. The number of hydrogen-bond donors (Lipinski definition) is 0. The van der Waals surface area contributed by atoms with Gasteiger partial charge in [-0.05, 0) is 76.6 Å². The number of hydrogen-bond acceptors (Lipinski definition) is 4. The minimum absolute atomic E-state index is 0.0232. The molecular weight excluding hydrogens is 376 g/mol. The second-order valence-electron chi connectivity index (χ2n) is 9.37. The Labute approximate surface area is 180 Å². The largest absolute Gasteiger partial charge is 0.465 e. The van der Waals surface area contributed by atoms with Crippen LogP contribution in [-0.2, 0) is 20.7 Å². The Balaban J connectivity index is 1.50. The van der Waals surface area contributed by atoms with E-state index in [-0.39, 0.29) is 24.0 Å². The van der Waals surface area contributed by atoms with Crippen molar-refractivity contribution in [3.63, 3.8) is 0 Å². The molecule has 0 radical (unpaired) electrons. The van der Waals surface area contributed by atoms with Gasteiger partial charge in [0, 0.05) is 18.5 Å². The Kier molecular flexibility index (Phi) is 6.47. The molecular formula is C25H36N2O3. The van der Waals surface area contributed by atoms with E-state index in [1.54, 1.807) is 0 Å². The van der Waals surface area contributed by atoms with Gasteiger partial charge in [0.2, 0.25) is 5.91 Å². The van der Waals surface area contributed by atoms with E-state index in [1.807, 2.05) is 25.1 Å². The van der Waals surface area contributed by atoms with Crippen molar-refractivity contribution in [1.29, 1.82) is 0 Å². The molecule has 3 fully saturated rings. The van der Waals surface area contributed by atoms with Gasteiger partial charge in [0.05, 0.1) is 12.0 Å². The lowest BCUT2D eigenvalue weighted by Gasteiger charge is -2.36. The Morgan fingerprint density at radius 2 is 1.80 bits per heavy atom. The van der Waals surface area contributed by atoms with Crippen LogP contribution in [0, 0.1) is 11.3 Å². The summed E-state index contributed by atoms with van der Waals surface area (Å²) in [5, 5.41) is 0. The van der Waals surface area contributed by atoms with Crippen LogP contribution >= 0.6 is 0 Å². The van der Waals surface area contributed by atoms with Crippen LogP contribution in [0.1, 0.15) is 57.9 Å². The molecule has 1 aromatic carbocycles. The molecule has 5 heteroatoms. The van der Waals surface area contributed by atoms with Gasteiger partial charge in [0.1, 0.15) is 0 Å². The monoisotopic (exact) mass is 412 g/mol. The maximum absolute atomic E-state index is 13.4. The molecule has 3 saturated heterocycles. The molecule has 0 spiro atoms. The number of carbonyl (C=O) groups is 2. The third-order valence-electron chi connectivity index (χ3n) is 7.69. The van der Waals surface area contributed by atoms with E-state index in [9.17, 15) is 9.59 Å². The molecule has 3 atom stereocenters. The van der Waals surface area contributed by atoms with Crippen molar-refractivity contribution >= 4 is 11.9 Å². The fourth-order valence-corrected chi connectivity index (χ4v) is 6.14. The van der Waals surface area contributed by atoms with Crippen LogP contribution in [-0.4, -0.2) is 60.0 Å². The average molecular weight is 413 g/mol. The fourth-order valence-electron chi connectivity index (χ4n) is 6.14. The second kappa shape index (κ2) is 9.09. The van der Waals surface area contributed by atoms with Crippen LogP contribution in [0.5, 0.6) is 0 Å². The Morgan fingerprint density at radius 3 is 2.47 bits per heavy atom. The third kappa shape index (κ3) is 4.01. The van der Waals surface area contributed by atoms with E-state index < -0.39 is 5.41 Å². The van der Waals surface area contributed by atoms with E-state index in [2.05, 4.69) is 28.9 Å². The smallest absolute Gasteiger partial charge is 0.314 e. The lowest BCUT2D eigenvalue weighted by atomic mass is 9.70. The van der Waals surface area contributed by atoms with Gasteiger partial charge in [-0.25, -0.2) is 0 Å². The molecule has 30 heavy (non-hydrogen) atoms. The highest BCUT2D eigenvalue weighted by Gasteiger charge is 2.61. The summed E-state index contributed by atoms with van der Waals surface area (Å²) in [5.74, 6) is 0.623. The standard InChI is InChI=1S/C25H36N2O3/c1-3-26-14-12-19(13-15-26)16-23(28)27-21-10-11-22(27)25(18-21,24(29)30-4-2)17-20-8-6-5-7-9-20/h5-9,19,21-22H,3-4,10-18H2,1-2H3/t21-,22+,25+/m1/s1. The number of piperidine rings is 1. The van der Waals surface area contributed by atoms with Crippen molar-refractivity contribution < 1.29 is 14.3 Å². The van der Waals surface area contributed by atoms with Gasteiger partial charge < -0.3 is 14.5 Å². The summed E-state index contributed by atoms with van der Waals surface area (Å²) in [4.78, 5) is 31.2. The molecule has 0 unspecified atom stereocenters. The van der Waals surface area contributed by atoms with Crippen molar-refractivity contribution in [1.82, 2.24) is 9.80 Å². The summed E-state index contributed by atoms with van der Waals surface area (Å²) in [6.07, 6.45) is 6.18. The van der Waals surface area contributed by atoms with E-state index in [0.29, 0.717) is 25.4 Å². The molecule has 0 aromatic heterocycles. The predicted octanol–water partition coefficient (Wildman–Crippen LogP) is 3.66. The zero-order chi connectivity index (χ0) is 21.1. The number of likely N-dealkylation sites (tertiary alicyclic amines) is 1.